The predicted molar refractivity (Wildman–Crippen MR) is 117 cm³/mol. The molecule has 3 rings (SSSR count). The van der Waals surface area contributed by atoms with E-state index in [1.165, 1.54) is 0 Å². The minimum absolute atomic E-state index is 0.0415. The van der Waals surface area contributed by atoms with Crippen LogP contribution in [0, 0.1) is 13.8 Å². The third-order valence-corrected chi connectivity index (χ3v) is 5.02. The van der Waals surface area contributed by atoms with Crippen molar-refractivity contribution in [1.29, 1.82) is 0 Å². The van der Waals surface area contributed by atoms with Crippen molar-refractivity contribution in [2.45, 2.75) is 27.7 Å². The van der Waals surface area contributed by atoms with Crippen molar-refractivity contribution in [3.63, 3.8) is 0 Å². The van der Waals surface area contributed by atoms with Gasteiger partial charge < -0.3 is 10.2 Å². The summed E-state index contributed by atoms with van der Waals surface area (Å²) in [4.78, 5) is 31.3. The zero-order valence-corrected chi connectivity index (χ0v) is 18.2. The maximum atomic E-state index is 12.8. The second-order valence-electron chi connectivity index (χ2n) is 6.85. The molecule has 30 heavy (non-hydrogen) atoms. The van der Waals surface area contributed by atoms with E-state index in [9.17, 15) is 9.59 Å². The molecule has 2 heterocycles. The van der Waals surface area contributed by atoms with Crippen LogP contribution in [0.3, 0.4) is 0 Å². The normalized spacial score (nSPS) is 10.7. The van der Waals surface area contributed by atoms with Crippen LogP contribution in [0.15, 0.2) is 42.5 Å². The summed E-state index contributed by atoms with van der Waals surface area (Å²) < 4.78 is 1.66. The van der Waals surface area contributed by atoms with Gasteiger partial charge in [-0.15, -0.1) is 0 Å². The van der Waals surface area contributed by atoms with Crippen molar-refractivity contribution >= 4 is 29.1 Å². The van der Waals surface area contributed by atoms with Crippen LogP contribution in [0.2, 0.25) is 5.02 Å². The number of hydrogen-bond donors (Lipinski definition) is 1. The van der Waals surface area contributed by atoms with E-state index in [4.69, 9.17) is 11.6 Å². The molecule has 0 fully saturated rings. The van der Waals surface area contributed by atoms with Gasteiger partial charge in [-0.1, -0.05) is 11.6 Å². The van der Waals surface area contributed by atoms with Gasteiger partial charge in [-0.2, -0.15) is 5.10 Å². The van der Waals surface area contributed by atoms with E-state index in [0.29, 0.717) is 30.2 Å². The van der Waals surface area contributed by atoms with E-state index >= 15 is 0 Å². The predicted octanol–water partition coefficient (Wildman–Crippen LogP) is 4.27. The summed E-state index contributed by atoms with van der Waals surface area (Å²) in [5, 5.41) is 7.41. The van der Waals surface area contributed by atoms with Crippen LogP contribution in [0.1, 0.15) is 46.1 Å². The number of pyridine rings is 1. The number of carbonyl (C=O) groups is 2. The molecule has 0 aliphatic carbocycles. The van der Waals surface area contributed by atoms with E-state index < -0.39 is 5.91 Å². The molecule has 8 heteroatoms. The molecule has 1 N–H and O–H groups in total. The summed E-state index contributed by atoms with van der Waals surface area (Å²) in [5.41, 5.74) is 2.98. The van der Waals surface area contributed by atoms with Crippen molar-refractivity contribution in [2.75, 3.05) is 18.4 Å². The molecule has 0 spiro atoms. The molecule has 0 unspecified atom stereocenters. The largest absolute Gasteiger partial charge is 0.339 e. The van der Waals surface area contributed by atoms with E-state index in [1.54, 1.807) is 46.0 Å². The second kappa shape index (κ2) is 9.09. The number of nitrogens with zero attached hydrogens (tertiary/aromatic N) is 4. The third kappa shape index (κ3) is 4.52. The lowest BCUT2D eigenvalue weighted by atomic mass is 10.1. The van der Waals surface area contributed by atoms with Crippen molar-refractivity contribution in [1.82, 2.24) is 19.7 Å². The lowest BCUT2D eigenvalue weighted by Crippen LogP contribution is -2.30. The molecule has 1 aromatic carbocycles. The Bertz CT molecular complexity index is 1070. The molecule has 0 bridgehead atoms. The van der Waals surface area contributed by atoms with Crippen LogP contribution in [-0.2, 0) is 0 Å². The Kier molecular flexibility index (Phi) is 6.52. The molecule has 0 atom stereocenters. The van der Waals surface area contributed by atoms with Gasteiger partial charge >= 0.3 is 0 Å². The first kappa shape index (κ1) is 21.5. The number of carbonyl (C=O) groups excluding carboxylic acids is 2. The van der Waals surface area contributed by atoms with E-state index in [1.807, 2.05) is 33.8 Å². The summed E-state index contributed by atoms with van der Waals surface area (Å²) in [7, 11) is 0. The van der Waals surface area contributed by atoms with Crippen LogP contribution < -0.4 is 5.32 Å². The lowest BCUT2D eigenvalue weighted by Gasteiger charge is -2.18. The van der Waals surface area contributed by atoms with Crippen molar-refractivity contribution < 1.29 is 9.59 Å². The Morgan fingerprint density at radius 1 is 1.07 bits per heavy atom. The van der Waals surface area contributed by atoms with Gasteiger partial charge in [-0.25, -0.2) is 9.67 Å². The molecule has 0 saturated carbocycles. The first-order valence-electron chi connectivity index (χ1n) is 9.74. The Morgan fingerprint density at radius 2 is 1.73 bits per heavy atom. The van der Waals surface area contributed by atoms with Gasteiger partial charge in [0.25, 0.3) is 11.8 Å². The van der Waals surface area contributed by atoms with Crippen molar-refractivity contribution in [2.24, 2.45) is 0 Å². The Morgan fingerprint density at radius 3 is 2.30 bits per heavy atom. The molecule has 2 aromatic heterocycles. The van der Waals surface area contributed by atoms with Crippen molar-refractivity contribution in [3.05, 3.63) is 70.1 Å². The number of amides is 2. The van der Waals surface area contributed by atoms with E-state index in [2.05, 4.69) is 15.4 Å². The highest BCUT2D eigenvalue weighted by molar-refractivity contribution is 6.34. The van der Waals surface area contributed by atoms with Crippen LogP contribution in [0.4, 0.5) is 5.69 Å². The summed E-state index contributed by atoms with van der Waals surface area (Å²) in [6, 6.07) is 12.0. The number of aryl methyl sites for hydroxylation is 2. The standard InChI is InChI=1S/C22H24ClN5O2/c1-5-27(6-2)22(30)16-7-9-17(10-8-16)24-21(29)20-18(23)11-12-19(25-20)28-15(4)13-14(3)26-28/h7-13H,5-6H2,1-4H3,(H,24,29). The SMILES string of the molecule is CCN(CC)C(=O)c1ccc(NC(=O)c2nc(-n3nc(C)cc3C)ccc2Cl)cc1. The molecule has 7 nitrogen and oxygen atoms in total. The van der Waals surface area contributed by atoms with Gasteiger partial charge in [0.05, 0.1) is 10.7 Å². The highest BCUT2D eigenvalue weighted by atomic mass is 35.5. The average Bonchev–Trinajstić information content (AvgIpc) is 3.07. The topological polar surface area (TPSA) is 80.1 Å². The van der Waals surface area contributed by atoms with E-state index in [0.717, 1.165) is 11.4 Å². The number of anilines is 1. The van der Waals surface area contributed by atoms with Gasteiger partial charge in [-0.3, -0.25) is 9.59 Å². The summed E-state index contributed by atoms with van der Waals surface area (Å²) >= 11 is 6.22. The quantitative estimate of drug-likeness (QED) is 0.639. The second-order valence-corrected chi connectivity index (χ2v) is 7.25. The number of nitrogens with one attached hydrogen (secondary N) is 1. The van der Waals surface area contributed by atoms with Gasteiger partial charge in [0, 0.05) is 30.0 Å². The van der Waals surface area contributed by atoms with Crippen LogP contribution >= 0.6 is 11.6 Å². The highest BCUT2D eigenvalue weighted by Crippen LogP contribution is 2.20. The van der Waals surface area contributed by atoms with Crippen LogP contribution in [0.5, 0.6) is 0 Å². The molecular weight excluding hydrogens is 402 g/mol. The fourth-order valence-electron chi connectivity index (χ4n) is 3.15. The Hall–Kier alpha value is -3.19. The molecule has 0 aliphatic rings. The maximum Gasteiger partial charge on any atom is 0.275 e. The monoisotopic (exact) mass is 425 g/mol. The van der Waals surface area contributed by atoms with E-state index in [-0.39, 0.29) is 16.6 Å². The maximum absolute atomic E-state index is 12.8. The molecule has 2 amide bonds. The van der Waals surface area contributed by atoms with Gasteiger partial charge in [0.15, 0.2) is 5.82 Å². The van der Waals surface area contributed by atoms with Crippen LogP contribution in [0.25, 0.3) is 5.82 Å². The number of rotatable bonds is 6. The third-order valence-electron chi connectivity index (χ3n) is 4.71. The summed E-state index contributed by atoms with van der Waals surface area (Å²) in [6.45, 7) is 8.96. The zero-order chi connectivity index (χ0) is 21.8. The van der Waals surface area contributed by atoms with Crippen molar-refractivity contribution in [3.8, 4) is 5.82 Å². The molecule has 0 aliphatic heterocycles. The lowest BCUT2D eigenvalue weighted by molar-refractivity contribution is 0.0773. The fourth-order valence-corrected chi connectivity index (χ4v) is 3.34. The van der Waals surface area contributed by atoms with Gasteiger partial charge in [0.1, 0.15) is 5.69 Å². The molecule has 156 valence electrons. The minimum Gasteiger partial charge on any atom is -0.339 e. The number of aromatic nitrogens is 3. The summed E-state index contributed by atoms with van der Waals surface area (Å²) in [6.07, 6.45) is 0. The molecular formula is C22H24ClN5O2. The number of benzene rings is 1. The number of hydrogen-bond acceptors (Lipinski definition) is 4. The molecule has 3 aromatic rings. The Labute approximate surface area is 180 Å². The molecule has 0 radical (unpaired) electrons. The zero-order valence-electron chi connectivity index (χ0n) is 17.4. The first-order valence-corrected chi connectivity index (χ1v) is 10.1. The highest BCUT2D eigenvalue weighted by Gasteiger charge is 2.17. The molecule has 0 saturated heterocycles. The number of halogens is 1. The first-order chi connectivity index (χ1) is 14.3. The average molecular weight is 426 g/mol. The van der Waals surface area contributed by atoms with Gasteiger partial charge in [0.2, 0.25) is 0 Å². The Balaban J connectivity index is 1.80. The van der Waals surface area contributed by atoms with Crippen LogP contribution in [-0.4, -0.2) is 44.6 Å². The minimum atomic E-state index is -0.439. The van der Waals surface area contributed by atoms with Gasteiger partial charge in [-0.05, 0) is 70.2 Å². The fraction of sp³-hybridized carbons (Fsp3) is 0.273. The smallest absolute Gasteiger partial charge is 0.275 e. The summed E-state index contributed by atoms with van der Waals surface area (Å²) in [5.74, 6) is 0.0293.